The standard InChI is InChI=1S/C28H39N9O9/c1-16(38)31-13-23(41)35-18-7-8-22(40)30-10-9-19(27(45)32-12-21(29)39)36-24(42)14-34-28(46)20(11-17-5-3-2-4-6-17)37-25(43)15-33-26(18)44/h2-6,18-20H,7-15H2,1H3,(H2,29,39)(H,30,40)(H,31,38)(H,32,45)(H,33,44)(H,34,46)(H,35,41)(H,36,42)(H,37,43)/t18-,19-,20+/m0/s1. The molecule has 2 rings (SSSR count). The summed E-state index contributed by atoms with van der Waals surface area (Å²) in [5, 5.41) is 19.2. The third-order valence-corrected chi connectivity index (χ3v) is 6.43. The van der Waals surface area contributed by atoms with Crippen molar-refractivity contribution < 1.29 is 43.2 Å². The van der Waals surface area contributed by atoms with Crippen LogP contribution in [0.2, 0.25) is 0 Å². The predicted octanol–water partition coefficient (Wildman–Crippen LogP) is -5.05. The van der Waals surface area contributed by atoms with E-state index in [1.54, 1.807) is 30.3 Å². The second kappa shape index (κ2) is 19.0. The first-order chi connectivity index (χ1) is 21.8. The summed E-state index contributed by atoms with van der Waals surface area (Å²) in [6.45, 7) is -1.04. The van der Waals surface area contributed by atoms with Crippen molar-refractivity contribution in [3.63, 3.8) is 0 Å². The van der Waals surface area contributed by atoms with Crippen molar-refractivity contribution in [2.45, 2.75) is 50.7 Å². The van der Waals surface area contributed by atoms with Crippen molar-refractivity contribution in [1.29, 1.82) is 0 Å². The Labute approximate surface area is 264 Å². The van der Waals surface area contributed by atoms with E-state index in [-0.39, 0.29) is 32.2 Å². The van der Waals surface area contributed by atoms with Crippen LogP contribution in [0.3, 0.4) is 0 Å². The average Bonchev–Trinajstić information content (AvgIpc) is 3.01. The van der Waals surface area contributed by atoms with Gasteiger partial charge in [-0.3, -0.25) is 43.2 Å². The highest BCUT2D eigenvalue weighted by Gasteiger charge is 2.27. The molecule has 250 valence electrons. The van der Waals surface area contributed by atoms with Gasteiger partial charge in [0.15, 0.2) is 0 Å². The van der Waals surface area contributed by atoms with Gasteiger partial charge in [-0.2, -0.15) is 0 Å². The van der Waals surface area contributed by atoms with E-state index in [1.165, 1.54) is 6.92 Å². The Hall–Kier alpha value is -5.55. The fourth-order valence-electron chi connectivity index (χ4n) is 4.14. The summed E-state index contributed by atoms with van der Waals surface area (Å²) in [4.78, 5) is 111. The molecule has 1 aromatic rings. The summed E-state index contributed by atoms with van der Waals surface area (Å²) < 4.78 is 0. The van der Waals surface area contributed by atoms with Crippen molar-refractivity contribution in [2.75, 3.05) is 32.7 Å². The number of rotatable bonds is 8. The number of amides is 9. The SMILES string of the molecule is CC(=O)NCC(=O)N[C@H]1CCC(=O)NCC[C@@H](C(=O)NCC(N)=O)NC(=O)CNC(=O)[C@@H](Cc2ccccc2)NC(=O)CNC1=O. The van der Waals surface area contributed by atoms with E-state index in [0.29, 0.717) is 5.56 Å². The van der Waals surface area contributed by atoms with Crippen molar-refractivity contribution in [2.24, 2.45) is 5.73 Å². The van der Waals surface area contributed by atoms with Gasteiger partial charge in [0.05, 0.1) is 26.2 Å². The van der Waals surface area contributed by atoms with Gasteiger partial charge in [0.1, 0.15) is 18.1 Å². The molecule has 1 aliphatic rings. The van der Waals surface area contributed by atoms with E-state index >= 15 is 0 Å². The molecule has 18 nitrogen and oxygen atoms in total. The van der Waals surface area contributed by atoms with E-state index in [9.17, 15) is 43.2 Å². The zero-order valence-electron chi connectivity index (χ0n) is 25.2. The van der Waals surface area contributed by atoms with Crippen LogP contribution < -0.4 is 48.3 Å². The molecule has 1 heterocycles. The summed E-state index contributed by atoms with van der Waals surface area (Å²) in [6, 6.07) is 4.98. The van der Waals surface area contributed by atoms with Crippen LogP contribution in [0.15, 0.2) is 30.3 Å². The molecule has 1 saturated heterocycles. The Morgan fingerprint density at radius 2 is 1.46 bits per heavy atom. The number of nitrogens with two attached hydrogens (primary N) is 1. The van der Waals surface area contributed by atoms with Crippen molar-refractivity contribution in [3.05, 3.63) is 35.9 Å². The van der Waals surface area contributed by atoms with Crippen LogP contribution >= 0.6 is 0 Å². The molecule has 0 unspecified atom stereocenters. The van der Waals surface area contributed by atoms with E-state index in [2.05, 4.69) is 42.5 Å². The van der Waals surface area contributed by atoms with Crippen LogP contribution in [-0.2, 0) is 49.6 Å². The third kappa shape index (κ3) is 14.3. The summed E-state index contributed by atoms with van der Waals surface area (Å²) in [7, 11) is 0. The number of carbonyl (C=O) groups excluding carboxylic acids is 9. The summed E-state index contributed by atoms with van der Waals surface area (Å²) in [5.74, 6) is -6.45. The van der Waals surface area contributed by atoms with Gasteiger partial charge in [0.2, 0.25) is 53.2 Å². The van der Waals surface area contributed by atoms with Crippen LogP contribution in [0.4, 0.5) is 0 Å². The molecule has 0 aliphatic carbocycles. The van der Waals surface area contributed by atoms with E-state index in [4.69, 9.17) is 5.73 Å². The van der Waals surface area contributed by atoms with Crippen LogP contribution in [0.1, 0.15) is 31.7 Å². The lowest BCUT2D eigenvalue weighted by Crippen LogP contribution is -2.55. The van der Waals surface area contributed by atoms with Gasteiger partial charge in [-0.05, 0) is 18.4 Å². The molecule has 1 aromatic carbocycles. The van der Waals surface area contributed by atoms with Crippen LogP contribution in [0.5, 0.6) is 0 Å². The summed E-state index contributed by atoms with van der Waals surface area (Å²) in [6.07, 6.45) is -0.571. The smallest absolute Gasteiger partial charge is 0.243 e. The van der Waals surface area contributed by atoms with Crippen LogP contribution in [0.25, 0.3) is 0 Å². The Kier molecular flexibility index (Phi) is 15.1. The van der Waals surface area contributed by atoms with Crippen molar-refractivity contribution in [1.82, 2.24) is 42.5 Å². The first-order valence-electron chi connectivity index (χ1n) is 14.4. The Balaban J connectivity index is 2.27. The molecule has 9 amide bonds. The molecule has 10 N–H and O–H groups in total. The Morgan fingerprint density at radius 1 is 0.804 bits per heavy atom. The molecule has 46 heavy (non-hydrogen) atoms. The first-order valence-corrected chi connectivity index (χ1v) is 14.4. The molecule has 0 bridgehead atoms. The molecule has 0 saturated carbocycles. The molecule has 18 heteroatoms. The molecule has 3 atom stereocenters. The van der Waals surface area contributed by atoms with E-state index in [1.807, 2.05) is 0 Å². The topological polar surface area (TPSA) is 276 Å². The molecule has 0 spiro atoms. The maximum absolute atomic E-state index is 13.1. The van der Waals surface area contributed by atoms with E-state index < -0.39 is 97.5 Å². The molecule has 1 fully saturated rings. The minimum absolute atomic E-state index is 0.0295. The highest BCUT2D eigenvalue weighted by molar-refractivity contribution is 5.95. The fourth-order valence-corrected chi connectivity index (χ4v) is 4.14. The van der Waals surface area contributed by atoms with Gasteiger partial charge in [-0.25, -0.2) is 0 Å². The predicted molar refractivity (Wildman–Crippen MR) is 160 cm³/mol. The lowest BCUT2D eigenvalue weighted by Gasteiger charge is -2.21. The highest BCUT2D eigenvalue weighted by Crippen LogP contribution is 2.04. The minimum atomic E-state index is -1.28. The zero-order chi connectivity index (χ0) is 34.1. The number of hydrogen-bond donors (Lipinski definition) is 9. The maximum Gasteiger partial charge on any atom is 0.243 e. The average molecular weight is 646 g/mol. The van der Waals surface area contributed by atoms with Crippen molar-refractivity contribution in [3.8, 4) is 0 Å². The van der Waals surface area contributed by atoms with Gasteiger partial charge in [-0.15, -0.1) is 0 Å². The zero-order valence-corrected chi connectivity index (χ0v) is 25.2. The largest absolute Gasteiger partial charge is 0.368 e. The van der Waals surface area contributed by atoms with Crippen LogP contribution in [-0.4, -0.2) is 104 Å². The lowest BCUT2D eigenvalue weighted by molar-refractivity contribution is -0.132. The fraction of sp³-hybridized carbons (Fsp3) is 0.464. The number of hydrogen-bond acceptors (Lipinski definition) is 9. The van der Waals surface area contributed by atoms with Gasteiger partial charge in [0.25, 0.3) is 0 Å². The number of carbonyl (C=O) groups is 9. The van der Waals surface area contributed by atoms with Gasteiger partial charge in [0, 0.05) is 26.3 Å². The van der Waals surface area contributed by atoms with Gasteiger partial charge in [-0.1, -0.05) is 30.3 Å². The van der Waals surface area contributed by atoms with Crippen molar-refractivity contribution >= 4 is 53.2 Å². The third-order valence-electron chi connectivity index (χ3n) is 6.43. The van der Waals surface area contributed by atoms with Crippen LogP contribution in [0, 0.1) is 0 Å². The Morgan fingerprint density at radius 3 is 2.11 bits per heavy atom. The quantitative estimate of drug-likeness (QED) is 0.131. The normalized spacial score (nSPS) is 20.5. The van der Waals surface area contributed by atoms with Gasteiger partial charge >= 0.3 is 0 Å². The first kappa shape index (κ1) is 36.6. The summed E-state index contributed by atoms with van der Waals surface area (Å²) in [5.41, 5.74) is 5.76. The maximum atomic E-state index is 13.1. The Bertz CT molecular complexity index is 1310. The minimum Gasteiger partial charge on any atom is -0.368 e. The summed E-state index contributed by atoms with van der Waals surface area (Å²) >= 11 is 0. The second-order valence-electron chi connectivity index (χ2n) is 10.3. The molecule has 1 aliphatic heterocycles. The lowest BCUT2D eigenvalue weighted by atomic mass is 10.1. The molecular weight excluding hydrogens is 606 g/mol. The molecular formula is C28H39N9O9. The van der Waals surface area contributed by atoms with E-state index in [0.717, 1.165) is 0 Å². The number of nitrogens with one attached hydrogen (secondary N) is 8. The monoisotopic (exact) mass is 645 g/mol. The molecule has 0 radical (unpaired) electrons. The number of benzene rings is 1. The highest BCUT2D eigenvalue weighted by atomic mass is 16.2. The second-order valence-corrected chi connectivity index (χ2v) is 10.3. The number of primary amides is 1. The molecule has 0 aromatic heterocycles. The van der Waals surface area contributed by atoms with Gasteiger partial charge < -0.3 is 48.3 Å².